The van der Waals surface area contributed by atoms with Gasteiger partial charge in [0.25, 0.3) is 0 Å². The lowest BCUT2D eigenvalue weighted by molar-refractivity contribution is 0.102. The van der Waals surface area contributed by atoms with Crippen molar-refractivity contribution in [1.82, 2.24) is 0 Å². The Labute approximate surface area is 105 Å². The second kappa shape index (κ2) is 5.27. The van der Waals surface area contributed by atoms with Crippen LogP contribution in [0.1, 0.15) is 12.0 Å². The number of rotatable bonds is 4. The van der Waals surface area contributed by atoms with E-state index < -0.39 is 0 Å². The first-order chi connectivity index (χ1) is 8.28. The van der Waals surface area contributed by atoms with Crippen LogP contribution in [0.3, 0.4) is 0 Å². The molecule has 1 unspecified atom stereocenters. The van der Waals surface area contributed by atoms with Gasteiger partial charge in [-0.1, -0.05) is 5.16 Å². The Kier molecular flexibility index (Phi) is 3.74. The topological polar surface area (TPSA) is 40.0 Å². The zero-order valence-corrected chi connectivity index (χ0v) is 10.5. The van der Waals surface area contributed by atoms with E-state index in [1.165, 1.54) is 0 Å². The molecule has 0 N–H and O–H groups in total. The maximum atomic E-state index is 5.72. The van der Waals surface area contributed by atoms with Gasteiger partial charge in [-0.2, -0.15) is 0 Å². The van der Waals surface area contributed by atoms with Gasteiger partial charge in [0.2, 0.25) is 0 Å². The standard InChI is InChI=1S/C12H14ClNO3/c1-15-11-4-3-8(5-12(11)16-2)10-6-9(7-13)17-14-10/h3-5,9H,6-7H2,1-2H3. The smallest absolute Gasteiger partial charge is 0.161 e. The van der Waals surface area contributed by atoms with E-state index in [-0.39, 0.29) is 6.10 Å². The van der Waals surface area contributed by atoms with Gasteiger partial charge >= 0.3 is 0 Å². The van der Waals surface area contributed by atoms with E-state index in [1.54, 1.807) is 14.2 Å². The Morgan fingerprint density at radius 1 is 1.35 bits per heavy atom. The summed E-state index contributed by atoms with van der Waals surface area (Å²) in [6, 6.07) is 5.67. The largest absolute Gasteiger partial charge is 0.493 e. The van der Waals surface area contributed by atoms with Gasteiger partial charge in [0.05, 0.1) is 25.8 Å². The molecule has 1 aliphatic heterocycles. The molecule has 4 nitrogen and oxygen atoms in total. The molecule has 1 aromatic rings. The minimum Gasteiger partial charge on any atom is -0.493 e. The van der Waals surface area contributed by atoms with Crippen LogP contribution in [0.15, 0.2) is 23.4 Å². The summed E-state index contributed by atoms with van der Waals surface area (Å²) in [5.74, 6) is 1.83. The number of methoxy groups -OCH3 is 2. The summed E-state index contributed by atoms with van der Waals surface area (Å²) >= 11 is 5.72. The van der Waals surface area contributed by atoms with Gasteiger partial charge < -0.3 is 14.3 Å². The molecule has 17 heavy (non-hydrogen) atoms. The molecule has 1 aromatic carbocycles. The molecule has 1 atom stereocenters. The normalized spacial score (nSPS) is 18.5. The van der Waals surface area contributed by atoms with Crippen molar-refractivity contribution in [1.29, 1.82) is 0 Å². The second-order valence-electron chi connectivity index (χ2n) is 3.69. The van der Waals surface area contributed by atoms with Crippen molar-refractivity contribution in [3.8, 4) is 11.5 Å². The van der Waals surface area contributed by atoms with Crippen molar-refractivity contribution in [2.24, 2.45) is 5.16 Å². The average molecular weight is 256 g/mol. The van der Waals surface area contributed by atoms with Crippen molar-refractivity contribution in [2.75, 3.05) is 20.1 Å². The van der Waals surface area contributed by atoms with Crippen LogP contribution in [0, 0.1) is 0 Å². The van der Waals surface area contributed by atoms with Crippen LogP contribution in [-0.4, -0.2) is 31.9 Å². The van der Waals surface area contributed by atoms with Crippen molar-refractivity contribution in [2.45, 2.75) is 12.5 Å². The fraction of sp³-hybridized carbons (Fsp3) is 0.417. The first-order valence-corrected chi connectivity index (χ1v) is 5.83. The van der Waals surface area contributed by atoms with Gasteiger partial charge in [-0.05, 0) is 18.2 Å². The fourth-order valence-electron chi connectivity index (χ4n) is 1.70. The number of hydrogen-bond donors (Lipinski definition) is 0. The lowest BCUT2D eigenvalue weighted by Crippen LogP contribution is -2.09. The number of oxime groups is 1. The highest BCUT2D eigenvalue weighted by Crippen LogP contribution is 2.29. The van der Waals surface area contributed by atoms with Crippen LogP contribution >= 0.6 is 11.6 Å². The van der Waals surface area contributed by atoms with Crippen LogP contribution in [-0.2, 0) is 4.84 Å². The summed E-state index contributed by atoms with van der Waals surface area (Å²) in [5, 5.41) is 4.02. The third kappa shape index (κ3) is 2.47. The quantitative estimate of drug-likeness (QED) is 0.776. The second-order valence-corrected chi connectivity index (χ2v) is 4.00. The lowest BCUT2D eigenvalue weighted by atomic mass is 10.1. The predicted molar refractivity (Wildman–Crippen MR) is 66.3 cm³/mol. The summed E-state index contributed by atoms with van der Waals surface area (Å²) in [6.07, 6.45) is 0.693. The Bertz CT molecular complexity index is 434. The third-order valence-electron chi connectivity index (χ3n) is 2.62. The molecule has 0 aromatic heterocycles. The Hall–Kier alpha value is -1.42. The third-order valence-corrected chi connectivity index (χ3v) is 2.97. The van der Waals surface area contributed by atoms with E-state index in [2.05, 4.69) is 5.16 Å². The average Bonchev–Trinajstić information content (AvgIpc) is 2.86. The summed E-state index contributed by atoms with van der Waals surface area (Å²) in [4.78, 5) is 5.18. The predicted octanol–water partition coefficient (Wildman–Crippen LogP) is 2.44. The molecule has 0 aliphatic carbocycles. The molecule has 0 bridgehead atoms. The van der Waals surface area contributed by atoms with Crippen LogP contribution in [0.5, 0.6) is 11.5 Å². The fourth-order valence-corrected chi connectivity index (χ4v) is 1.86. The highest BCUT2D eigenvalue weighted by Gasteiger charge is 2.22. The molecule has 2 rings (SSSR count). The summed E-state index contributed by atoms with van der Waals surface area (Å²) < 4.78 is 10.4. The van der Waals surface area contributed by atoms with Crippen LogP contribution < -0.4 is 9.47 Å². The molecule has 1 heterocycles. The van der Waals surface area contributed by atoms with Crippen molar-refractivity contribution >= 4 is 17.3 Å². The molecule has 0 fully saturated rings. The number of ether oxygens (including phenoxy) is 2. The van der Waals surface area contributed by atoms with E-state index in [0.717, 1.165) is 17.7 Å². The monoisotopic (exact) mass is 255 g/mol. The maximum absolute atomic E-state index is 5.72. The SMILES string of the molecule is COc1ccc(C2=NOC(CCl)C2)cc1OC. The Morgan fingerprint density at radius 2 is 2.12 bits per heavy atom. The molecular weight excluding hydrogens is 242 g/mol. The lowest BCUT2D eigenvalue weighted by Gasteiger charge is -2.08. The zero-order chi connectivity index (χ0) is 12.3. The summed E-state index contributed by atoms with van der Waals surface area (Å²) in [5.41, 5.74) is 1.85. The summed E-state index contributed by atoms with van der Waals surface area (Å²) in [6.45, 7) is 0. The molecule has 92 valence electrons. The van der Waals surface area contributed by atoms with Crippen molar-refractivity contribution in [3.63, 3.8) is 0 Å². The van der Waals surface area contributed by atoms with Gasteiger partial charge in [0.1, 0.15) is 6.10 Å². The molecule has 1 aliphatic rings. The molecule has 0 amide bonds. The summed E-state index contributed by atoms with van der Waals surface area (Å²) in [7, 11) is 3.22. The molecule has 0 saturated heterocycles. The number of nitrogens with zero attached hydrogens (tertiary/aromatic N) is 1. The Balaban J connectivity index is 2.23. The molecular formula is C12H14ClNO3. The van der Waals surface area contributed by atoms with Crippen molar-refractivity contribution < 1.29 is 14.3 Å². The van der Waals surface area contributed by atoms with E-state index in [0.29, 0.717) is 17.4 Å². The van der Waals surface area contributed by atoms with Crippen LogP contribution in [0.25, 0.3) is 0 Å². The Morgan fingerprint density at radius 3 is 2.71 bits per heavy atom. The van der Waals surface area contributed by atoms with Crippen molar-refractivity contribution in [3.05, 3.63) is 23.8 Å². The first kappa shape index (κ1) is 12.0. The van der Waals surface area contributed by atoms with E-state index in [1.807, 2.05) is 18.2 Å². The van der Waals surface area contributed by atoms with Crippen LogP contribution in [0.2, 0.25) is 0 Å². The number of hydrogen-bond acceptors (Lipinski definition) is 4. The number of alkyl halides is 1. The molecule has 0 radical (unpaired) electrons. The number of halogens is 1. The maximum Gasteiger partial charge on any atom is 0.161 e. The van der Waals surface area contributed by atoms with Crippen LogP contribution in [0.4, 0.5) is 0 Å². The highest BCUT2D eigenvalue weighted by atomic mass is 35.5. The van der Waals surface area contributed by atoms with Gasteiger partial charge in [0, 0.05) is 12.0 Å². The first-order valence-electron chi connectivity index (χ1n) is 5.29. The zero-order valence-electron chi connectivity index (χ0n) is 9.77. The minimum absolute atomic E-state index is 0.0280. The van der Waals surface area contributed by atoms with Gasteiger partial charge in [-0.3, -0.25) is 0 Å². The molecule has 0 spiro atoms. The molecule has 5 heteroatoms. The van der Waals surface area contributed by atoms with E-state index in [4.69, 9.17) is 25.9 Å². The van der Waals surface area contributed by atoms with E-state index >= 15 is 0 Å². The van der Waals surface area contributed by atoms with E-state index in [9.17, 15) is 0 Å². The van der Waals surface area contributed by atoms with Gasteiger partial charge in [-0.25, -0.2) is 0 Å². The molecule has 0 saturated carbocycles. The van der Waals surface area contributed by atoms with Gasteiger partial charge in [0.15, 0.2) is 11.5 Å². The number of benzene rings is 1. The van der Waals surface area contributed by atoms with Gasteiger partial charge in [-0.15, -0.1) is 11.6 Å². The highest BCUT2D eigenvalue weighted by molar-refractivity contribution is 6.18. The minimum atomic E-state index is -0.0280.